The van der Waals surface area contributed by atoms with E-state index in [-0.39, 0.29) is 22.9 Å². The van der Waals surface area contributed by atoms with Crippen LogP contribution < -0.4 is 0 Å². The summed E-state index contributed by atoms with van der Waals surface area (Å²) >= 11 is 1.58. The smallest absolute Gasteiger partial charge is 0.353 e. The summed E-state index contributed by atoms with van der Waals surface area (Å²) in [4.78, 5) is 25.5. The SMILES string of the molecule is CCCC1=C(C(=O)O)N2C(=O)[C@H](CCC)[C@H]2S1. The summed E-state index contributed by atoms with van der Waals surface area (Å²) in [6.45, 7) is 4.07. The average molecular weight is 255 g/mol. The van der Waals surface area contributed by atoms with Crippen molar-refractivity contribution in [2.75, 3.05) is 0 Å². The average Bonchev–Trinajstić information content (AvgIpc) is 2.62. The van der Waals surface area contributed by atoms with Crippen LogP contribution in [0.1, 0.15) is 39.5 Å². The first kappa shape index (κ1) is 12.5. The van der Waals surface area contributed by atoms with Gasteiger partial charge in [-0.05, 0) is 12.8 Å². The van der Waals surface area contributed by atoms with E-state index in [4.69, 9.17) is 0 Å². The molecule has 1 fully saturated rings. The Morgan fingerprint density at radius 2 is 2.12 bits per heavy atom. The molecule has 4 nitrogen and oxygen atoms in total. The van der Waals surface area contributed by atoms with Crippen LogP contribution in [0.4, 0.5) is 0 Å². The summed E-state index contributed by atoms with van der Waals surface area (Å²) in [6.07, 6.45) is 3.49. The number of carbonyl (C=O) groups is 2. The topological polar surface area (TPSA) is 57.6 Å². The molecule has 0 saturated carbocycles. The van der Waals surface area contributed by atoms with Gasteiger partial charge in [-0.15, -0.1) is 11.8 Å². The molecule has 1 amide bonds. The molecule has 17 heavy (non-hydrogen) atoms. The minimum absolute atomic E-state index is 0.00662. The molecule has 0 radical (unpaired) electrons. The van der Waals surface area contributed by atoms with Crippen LogP contribution in [-0.4, -0.2) is 27.3 Å². The van der Waals surface area contributed by atoms with Gasteiger partial charge in [0.05, 0.1) is 11.3 Å². The number of carboxylic acids is 1. The molecule has 0 aromatic carbocycles. The fourth-order valence-corrected chi connectivity index (χ4v) is 4.08. The van der Waals surface area contributed by atoms with Crippen LogP contribution in [0.2, 0.25) is 0 Å². The highest BCUT2D eigenvalue weighted by Gasteiger charge is 2.54. The maximum atomic E-state index is 11.9. The molecule has 2 aliphatic rings. The lowest BCUT2D eigenvalue weighted by Gasteiger charge is -2.42. The molecule has 94 valence electrons. The van der Waals surface area contributed by atoms with Gasteiger partial charge in [0.2, 0.25) is 5.91 Å². The second-order valence-electron chi connectivity index (χ2n) is 4.44. The fourth-order valence-electron chi connectivity index (χ4n) is 2.44. The molecule has 0 spiro atoms. The number of carboxylic acid groups (broad SMARTS) is 1. The molecular weight excluding hydrogens is 238 g/mol. The van der Waals surface area contributed by atoms with E-state index < -0.39 is 5.97 Å². The number of allylic oxidation sites excluding steroid dienone is 1. The lowest BCUT2D eigenvalue weighted by Crippen LogP contribution is -2.57. The monoisotopic (exact) mass is 255 g/mol. The third-order valence-electron chi connectivity index (χ3n) is 3.20. The van der Waals surface area contributed by atoms with Crippen LogP contribution in [0, 0.1) is 5.92 Å². The molecule has 1 saturated heterocycles. The predicted molar refractivity (Wildman–Crippen MR) is 66.2 cm³/mol. The highest BCUT2D eigenvalue weighted by molar-refractivity contribution is 8.04. The Morgan fingerprint density at radius 1 is 1.41 bits per heavy atom. The molecule has 0 bridgehead atoms. The van der Waals surface area contributed by atoms with E-state index >= 15 is 0 Å². The summed E-state index contributed by atoms with van der Waals surface area (Å²) in [5.74, 6) is -0.951. The van der Waals surface area contributed by atoms with Crippen molar-refractivity contribution in [3.63, 3.8) is 0 Å². The van der Waals surface area contributed by atoms with E-state index in [1.807, 2.05) is 13.8 Å². The van der Waals surface area contributed by atoms with E-state index in [0.717, 1.165) is 30.6 Å². The van der Waals surface area contributed by atoms with Crippen molar-refractivity contribution in [1.82, 2.24) is 4.90 Å². The maximum absolute atomic E-state index is 11.9. The number of rotatable bonds is 5. The second-order valence-corrected chi connectivity index (χ2v) is 5.65. The summed E-state index contributed by atoms with van der Waals surface area (Å²) < 4.78 is 0. The number of hydrogen-bond acceptors (Lipinski definition) is 3. The van der Waals surface area contributed by atoms with Crippen LogP contribution in [-0.2, 0) is 9.59 Å². The van der Waals surface area contributed by atoms with Crippen LogP contribution in [0.15, 0.2) is 10.6 Å². The first-order valence-electron chi connectivity index (χ1n) is 6.08. The number of amides is 1. The summed E-state index contributed by atoms with van der Waals surface area (Å²) in [7, 11) is 0. The number of β-lactam (4-membered cyclic amide) rings is 1. The molecule has 0 aliphatic carbocycles. The number of aliphatic carboxylic acids is 1. The van der Waals surface area contributed by atoms with Gasteiger partial charge in [0, 0.05) is 4.91 Å². The van der Waals surface area contributed by atoms with Crippen molar-refractivity contribution in [3.05, 3.63) is 10.6 Å². The quantitative estimate of drug-likeness (QED) is 0.766. The molecule has 5 heteroatoms. The lowest BCUT2D eigenvalue weighted by atomic mass is 9.92. The lowest BCUT2D eigenvalue weighted by molar-refractivity contribution is -0.151. The van der Waals surface area contributed by atoms with Crippen molar-refractivity contribution < 1.29 is 14.7 Å². The third kappa shape index (κ3) is 1.86. The largest absolute Gasteiger partial charge is 0.477 e. The standard InChI is InChI=1S/C12H17NO3S/c1-3-5-7-10(14)13-9(12(15)16)8(6-4-2)17-11(7)13/h7,11H,3-6H2,1-2H3,(H,15,16)/t7-,11+/m0/s1. The van der Waals surface area contributed by atoms with Gasteiger partial charge in [0.15, 0.2) is 0 Å². The van der Waals surface area contributed by atoms with E-state index in [0.29, 0.717) is 0 Å². The molecule has 0 unspecified atom stereocenters. The van der Waals surface area contributed by atoms with Gasteiger partial charge < -0.3 is 5.11 Å². The maximum Gasteiger partial charge on any atom is 0.353 e. The Morgan fingerprint density at radius 3 is 2.65 bits per heavy atom. The number of hydrogen-bond donors (Lipinski definition) is 1. The molecular formula is C12H17NO3S. The van der Waals surface area contributed by atoms with Crippen LogP contribution in [0.25, 0.3) is 0 Å². The number of thioether (sulfide) groups is 1. The van der Waals surface area contributed by atoms with Crippen molar-refractivity contribution >= 4 is 23.6 Å². The highest BCUT2D eigenvalue weighted by atomic mass is 32.2. The normalized spacial score (nSPS) is 27.2. The zero-order valence-corrected chi connectivity index (χ0v) is 10.9. The zero-order chi connectivity index (χ0) is 12.6. The van der Waals surface area contributed by atoms with Gasteiger partial charge in [0.25, 0.3) is 0 Å². The van der Waals surface area contributed by atoms with E-state index in [2.05, 4.69) is 0 Å². The van der Waals surface area contributed by atoms with Crippen molar-refractivity contribution in [2.24, 2.45) is 5.92 Å². The number of nitrogens with zero attached hydrogens (tertiary/aromatic N) is 1. The van der Waals surface area contributed by atoms with E-state index in [1.165, 1.54) is 4.90 Å². The van der Waals surface area contributed by atoms with Gasteiger partial charge in [-0.25, -0.2) is 4.79 Å². The van der Waals surface area contributed by atoms with Gasteiger partial charge in [-0.2, -0.15) is 0 Å². The van der Waals surface area contributed by atoms with Crippen LogP contribution >= 0.6 is 11.8 Å². The first-order chi connectivity index (χ1) is 8.11. The van der Waals surface area contributed by atoms with Crippen molar-refractivity contribution in [2.45, 2.75) is 44.9 Å². The molecule has 2 rings (SSSR count). The summed E-state index contributed by atoms with van der Waals surface area (Å²) in [5, 5.41) is 9.25. The van der Waals surface area contributed by atoms with Crippen molar-refractivity contribution in [3.8, 4) is 0 Å². The van der Waals surface area contributed by atoms with Crippen LogP contribution in [0.5, 0.6) is 0 Å². The van der Waals surface area contributed by atoms with Gasteiger partial charge in [-0.3, -0.25) is 9.69 Å². The van der Waals surface area contributed by atoms with Crippen LogP contribution in [0.3, 0.4) is 0 Å². The molecule has 2 heterocycles. The summed E-state index contributed by atoms with van der Waals surface area (Å²) in [5.41, 5.74) is 0.235. The Labute approximate surface area is 105 Å². The van der Waals surface area contributed by atoms with Crippen molar-refractivity contribution in [1.29, 1.82) is 0 Å². The first-order valence-corrected chi connectivity index (χ1v) is 6.95. The zero-order valence-electron chi connectivity index (χ0n) is 10.1. The second kappa shape index (κ2) is 4.72. The molecule has 2 aliphatic heterocycles. The highest BCUT2D eigenvalue weighted by Crippen LogP contribution is 2.51. The van der Waals surface area contributed by atoms with Gasteiger partial charge in [-0.1, -0.05) is 26.7 Å². The molecule has 0 aromatic rings. The minimum atomic E-state index is -0.966. The Kier molecular flexibility index (Phi) is 3.47. The van der Waals surface area contributed by atoms with E-state index in [1.54, 1.807) is 11.8 Å². The predicted octanol–water partition coefficient (Wildman–Crippen LogP) is 2.41. The third-order valence-corrected chi connectivity index (χ3v) is 4.66. The Bertz CT molecular complexity index is 391. The van der Waals surface area contributed by atoms with E-state index in [9.17, 15) is 14.7 Å². The molecule has 1 N–H and O–H groups in total. The number of fused-ring (bicyclic) bond motifs is 1. The number of carbonyl (C=O) groups excluding carboxylic acids is 1. The summed E-state index contributed by atoms with van der Waals surface area (Å²) in [6, 6.07) is 0. The van der Waals surface area contributed by atoms with Gasteiger partial charge >= 0.3 is 5.97 Å². The van der Waals surface area contributed by atoms with Gasteiger partial charge in [0.1, 0.15) is 5.70 Å². The Balaban J connectivity index is 2.20. The fraction of sp³-hybridized carbons (Fsp3) is 0.667. The molecule has 0 aromatic heterocycles. The Hall–Kier alpha value is -0.970. The molecule has 2 atom stereocenters. The minimum Gasteiger partial charge on any atom is -0.477 e.